The number of aromatic nitrogens is 3. The highest BCUT2D eigenvalue weighted by molar-refractivity contribution is 5.99. The molecule has 0 saturated carbocycles. The number of carbonyl (C=O) groups is 2. The van der Waals surface area contributed by atoms with Crippen LogP contribution in [-0.2, 0) is 11.3 Å². The normalized spacial score (nSPS) is 14.3. The van der Waals surface area contributed by atoms with Gasteiger partial charge in [0.15, 0.2) is 5.78 Å². The topological polar surface area (TPSA) is 115 Å². The lowest BCUT2D eigenvalue weighted by Gasteiger charge is -2.14. The number of ketones is 1. The van der Waals surface area contributed by atoms with Crippen LogP contribution in [0.25, 0.3) is 11.5 Å². The molecular weight excluding hydrogens is 336 g/mol. The molecule has 2 N–H and O–H groups in total. The minimum Gasteiger partial charge on any atom is -0.415 e. The zero-order valence-electron chi connectivity index (χ0n) is 13.1. The minimum atomic E-state index is -2.88. The van der Waals surface area contributed by atoms with Crippen LogP contribution in [0.4, 0.5) is 8.78 Å². The maximum atomic E-state index is 12.5. The van der Waals surface area contributed by atoms with E-state index in [-0.39, 0.29) is 41.9 Å². The molecule has 1 aliphatic heterocycles. The standard InChI is InChI=1S/C15H13F2N5O3/c1-7(23)2-9(18)5-22-6-11-10(15(22)24)3-8(4-19-11)13-20-21-14(25-13)12(16)17/h2-4,12H,5-6,18H2,1H3. The van der Waals surface area contributed by atoms with Gasteiger partial charge < -0.3 is 15.1 Å². The quantitative estimate of drug-likeness (QED) is 0.812. The van der Waals surface area contributed by atoms with Crippen molar-refractivity contribution in [3.05, 3.63) is 41.2 Å². The Morgan fingerprint density at radius 3 is 2.88 bits per heavy atom. The number of pyridine rings is 1. The van der Waals surface area contributed by atoms with Crippen LogP contribution < -0.4 is 5.73 Å². The molecule has 0 unspecified atom stereocenters. The number of fused-ring (bicyclic) bond motifs is 1. The molecule has 8 nitrogen and oxygen atoms in total. The second-order valence-corrected chi connectivity index (χ2v) is 5.46. The van der Waals surface area contributed by atoms with Crippen LogP contribution in [0.1, 0.15) is 35.3 Å². The van der Waals surface area contributed by atoms with Crippen LogP contribution in [0, 0.1) is 0 Å². The highest BCUT2D eigenvalue weighted by Crippen LogP contribution is 2.27. The van der Waals surface area contributed by atoms with Crippen molar-refractivity contribution in [3.63, 3.8) is 0 Å². The summed E-state index contributed by atoms with van der Waals surface area (Å²) in [6.07, 6.45) is -0.260. The first-order valence-corrected chi connectivity index (χ1v) is 7.22. The Bertz CT molecular complexity index is 878. The molecule has 1 aliphatic rings. The van der Waals surface area contributed by atoms with E-state index in [4.69, 9.17) is 10.2 Å². The molecule has 130 valence electrons. The van der Waals surface area contributed by atoms with E-state index in [1.165, 1.54) is 30.2 Å². The maximum absolute atomic E-state index is 12.5. The Hall–Kier alpha value is -3.17. The molecule has 0 radical (unpaired) electrons. The molecule has 25 heavy (non-hydrogen) atoms. The molecule has 0 fully saturated rings. The Balaban J connectivity index is 1.83. The lowest BCUT2D eigenvalue weighted by molar-refractivity contribution is -0.112. The molecule has 0 aromatic carbocycles. The van der Waals surface area contributed by atoms with E-state index >= 15 is 0 Å². The van der Waals surface area contributed by atoms with Crippen LogP contribution in [0.3, 0.4) is 0 Å². The van der Waals surface area contributed by atoms with Crippen molar-refractivity contribution < 1.29 is 22.8 Å². The van der Waals surface area contributed by atoms with Gasteiger partial charge in [-0.15, -0.1) is 10.2 Å². The molecule has 10 heteroatoms. The van der Waals surface area contributed by atoms with Gasteiger partial charge in [0, 0.05) is 18.0 Å². The van der Waals surface area contributed by atoms with E-state index in [1.54, 1.807) is 0 Å². The van der Waals surface area contributed by atoms with E-state index < -0.39 is 12.3 Å². The van der Waals surface area contributed by atoms with Crippen molar-refractivity contribution in [3.8, 4) is 11.5 Å². The number of carbonyl (C=O) groups excluding carboxylic acids is 2. The molecule has 1 amide bonds. The summed E-state index contributed by atoms with van der Waals surface area (Å²) in [5, 5.41) is 6.77. The fraction of sp³-hybridized carbons (Fsp3) is 0.267. The van der Waals surface area contributed by atoms with Gasteiger partial charge in [0.2, 0.25) is 5.89 Å². The van der Waals surface area contributed by atoms with Crippen LogP contribution in [0.2, 0.25) is 0 Å². The first-order chi connectivity index (χ1) is 11.8. The van der Waals surface area contributed by atoms with Gasteiger partial charge >= 0.3 is 6.43 Å². The number of hydrogen-bond donors (Lipinski definition) is 1. The summed E-state index contributed by atoms with van der Waals surface area (Å²) < 4.78 is 29.9. The summed E-state index contributed by atoms with van der Waals surface area (Å²) in [5.41, 5.74) is 7.05. The first-order valence-electron chi connectivity index (χ1n) is 7.22. The van der Waals surface area contributed by atoms with Gasteiger partial charge in [0.25, 0.3) is 11.8 Å². The van der Waals surface area contributed by atoms with E-state index in [1.807, 2.05) is 0 Å². The molecule has 0 spiro atoms. The van der Waals surface area contributed by atoms with E-state index in [0.29, 0.717) is 11.3 Å². The highest BCUT2D eigenvalue weighted by Gasteiger charge is 2.30. The number of nitrogens with two attached hydrogens (primary N) is 1. The lowest BCUT2D eigenvalue weighted by atomic mass is 10.1. The summed E-state index contributed by atoms with van der Waals surface area (Å²) >= 11 is 0. The van der Waals surface area contributed by atoms with Crippen LogP contribution in [0.5, 0.6) is 0 Å². The molecule has 2 aromatic heterocycles. The van der Waals surface area contributed by atoms with Crippen LogP contribution >= 0.6 is 0 Å². The molecule has 3 rings (SSSR count). The predicted octanol–water partition coefficient (Wildman–Crippen LogP) is 1.46. The Morgan fingerprint density at radius 2 is 2.24 bits per heavy atom. The van der Waals surface area contributed by atoms with Gasteiger partial charge in [-0.2, -0.15) is 8.78 Å². The van der Waals surface area contributed by atoms with Gasteiger partial charge in [0.05, 0.1) is 29.9 Å². The summed E-state index contributed by atoms with van der Waals surface area (Å²) in [7, 11) is 0. The number of amides is 1. The third kappa shape index (κ3) is 3.37. The molecule has 0 bridgehead atoms. The number of allylic oxidation sites excluding steroid dienone is 1. The van der Waals surface area contributed by atoms with Crippen molar-refractivity contribution in [2.24, 2.45) is 5.73 Å². The number of alkyl halides is 2. The third-order valence-electron chi connectivity index (χ3n) is 3.46. The predicted molar refractivity (Wildman–Crippen MR) is 80.2 cm³/mol. The van der Waals surface area contributed by atoms with Crippen molar-refractivity contribution in [2.75, 3.05) is 6.54 Å². The fourth-order valence-corrected chi connectivity index (χ4v) is 2.44. The SMILES string of the molecule is CC(=O)C=C(N)CN1Cc2ncc(-c3nnc(C(F)F)o3)cc2C1=O. The highest BCUT2D eigenvalue weighted by atomic mass is 19.3. The fourth-order valence-electron chi connectivity index (χ4n) is 2.44. The van der Waals surface area contributed by atoms with E-state index in [9.17, 15) is 18.4 Å². The second-order valence-electron chi connectivity index (χ2n) is 5.46. The monoisotopic (exact) mass is 349 g/mol. The van der Waals surface area contributed by atoms with Gasteiger partial charge in [-0.3, -0.25) is 14.6 Å². The largest absolute Gasteiger partial charge is 0.415 e. The Morgan fingerprint density at radius 1 is 1.48 bits per heavy atom. The zero-order valence-corrected chi connectivity index (χ0v) is 13.1. The van der Waals surface area contributed by atoms with Crippen molar-refractivity contribution in [2.45, 2.75) is 19.9 Å². The average molecular weight is 349 g/mol. The molecule has 2 aromatic rings. The number of halogens is 2. The second kappa shape index (κ2) is 6.38. The molecular formula is C15H13F2N5O3. The smallest absolute Gasteiger partial charge is 0.314 e. The van der Waals surface area contributed by atoms with Crippen molar-refractivity contribution in [1.29, 1.82) is 0 Å². The Labute approximate surface area is 140 Å². The molecule has 0 aliphatic carbocycles. The summed E-state index contributed by atoms with van der Waals surface area (Å²) in [6.45, 7) is 1.67. The van der Waals surface area contributed by atoms with Crippen molar-refractivity contribution >= 4 is 11.7 Å². The molecule has 0 atom stereocenters. The minimum absolute atomic E-state index is 0.0835. The number of hydrogen-bond acceptors (Lipinski definition) is 7. The zero-order chi connectivity index (χ0) is 18.1. The number of nitrogens with zero attached hydrogens (tertiary/aromatic N) is 4. The number of rotatable bonds is 5. The molecule has 0 saturated heterocycles. The summed E-state index contributed by atoms with van der Waals surface area (Å²) in [4.78, 5) is 29.1. The first kappa shape index (κ1) is 16.7. The summed E-state index contributed by atoms with van der Waals surface area (Å²) in [5.74, 6) is -1.50. The van der Waals surface area contributed by atoms with Gasteiger partial charge in [0.1, 0.15) is 0 Å². The van der Waals surface area contributed by atoms with Crippen molar-refractivity contribution in [1.82, 2.24) is 20.1 Å². The average Bonchev–Trinajstić information content (AvgIpc) is 3.13. The van der Waals surface area contributed by atoms with Gasteiger partial charge in [-0.05, 0) is 13.0 Å². The van der Waals surface area contributed by atoms with E-state index in [0.717, 1.165) is 0 Å². The lowest BCUT2D eigenvalue weighted by Crippen LogP contribution is -2.28. The van der Waals surface area contributed by atoms with Gasteiger partial charge in [-0.1, -0.05) is 0 Å². The summed E-state index contributed by atoms with van der Waals surface area (Å²) in [6, 6.07) is 1.46. The Kier molecular flexibility index (Phi) is 4.26. The third-order valence-corrected chi connectivity index (χ3v) is 3.46. The van der Waals surface area contributed by atoms with Crippen LogP contribution in [-0.4, -0.2) is 38.3 Å². The van der Waals surface area contributed by atoms with E-state index in [2.05, 4.69) is 15.2 Å². The van der Waals surface area contributed by atoms with Gasteiger partial charge in [-0.25, -0.2) is 0 Å². The molecule has 3 heterocycles. The maximum Gasteiger partial charge on any atom is 0.314 e. The van der Waals surface area contributed by atoms with Crippen LogP contribution in [0.15, 0.2) is 28.5 Å².